The first-order chi connectivity index (χ1) is 15.0. The number of carbonyl (C=O) groups is 1. The molecule has 0 aliphatic heterocycles. The molecule has 0 aromatic heterocycles. The first-order valence-electron chi connectivity index (χ1n) is 10.6. The first-order valence-corrected chi connectivity index (χ1v) is 12.4. The van der Waals surface area contributed by atoms with Gasteiger partial charge in [0.1, 0.15) is 18.0 Å². The Morgan fingerprint density at radius 3 is 1.94 bits per heavy atom. The maximum absolute atomic E-state index is 12.4. The van der Waals surface area contributed by atoms with E-state index in [4.69, 9.17) is 27.9 Å². The van der Waals surface area contributed by atoms with Crippen LogP contribution in [-0.2, 0) is 44.5 Å². The van der Waals surface area contributed by atoms with Gasteiger partial charge in [0.15, 0.2) is 6.10 Å². The lowest BCUT2D eigenvalue weighted by atomic mass is 10.1. The highest BCUT2D eigenvalue weighted by molar-refractivity contribution is 7.86. The second-order valence-electron chi connectivity index (χ2n) is 7.94. The Kier molecular flexibility index (Phi) is 12.8. The summed E-state index contributed by atoms with van der Waals surface area (Å²) in [5.74, 6) is -0.106. The smallest absolute Gasteiger partial charge is 0.337 e. The summed E-state index contributed by atoms with van der Waals surface area (Å²) in [6.07, 6.45) is -0.314. The molecular weight excluding hydrogens is 440 g/mol. The fourth-order valence-corrected chi connectivity index (χ4v) is 3.04. The number of rotatable bonds is 16. The van der Waals surface area contributed by atoms with Crippen molar-refractivity contribution in [2.24, 2.45) is 0 Å². The summed E-state index contributed by atoms with van der Waals surface area (Å²) in [6, 6.07) is 6.95. The molecule has 0 saturated heterocycles. The van der Waals surface area contributed by atoms with Crippen LogP contribution in [0.25, 0.3) is 0 Å². The summed E-state index contributed by atoms with van der Waals surface area (Å²) in [7, 11) is -3.83. The molecule has 0 radical (unpaired) electrons. The normalized spacial score (nSPS) is 13.0. The number of benzene rings is 1. The van der Waals surface area contributed by atoms with E-state index >= 15 is 0 Å². The molecule has 1 atom stereocenters. The second kappa shape index (κ2) is 14.4. The molecule has 0 unspecified atom stereocenters. The van der Waals surface area contributed by atoms with Crippen molar-refractivity contribution in [2.75, 3.05) is 52.5 Å². The Balaban J connectivity index is 2.42. The monoisotopic (exact) mass is 476 g/mol. The van der Waals surface area contributed by atoms with Crippen LogP contribution in [0.4, 0.5) is 0 Å². The standard InChI is InChI=1S/C22H36O9S/c1-6-26-11-12-27-13-14-28-15-16-29-19-9-7-18(8-10-19)17-20(31-32(5,24)25)21(23)30-22(2,3)4/h7-10,20H,6,11-17H2,1-5H3/t20-/m1/s1. The van der Waals surface area contributed by atoms with E-state index in [1.165, 1.54) is 0 Å². The van der Waals surface area contributed by atoms with Crippen LogP contribution in [-0.4, -0.2) is 78.6 Å². The summed E-state index contributed by atoms with van der Waals surface area (Å²) in [5, 5.41) is 0. The van der Waals surface area contributed by atoms with E-state index in [-0.39, 0.29) is 6.42 Å². The van der Waals surface area contributed by atoms with Crippen LogP contribution in [0.2, 0.25) is 0 Å². The predicted octanol–water partition coefficient (Wildman–Crippen LogP) is 2.36. The summed E-state index contributed by atoms with van der Waals surface area (Å²) >= 11 is 0. The number of ether oxygens (including phenoxy) is 5. The van der Waals surface area contributed by atoms with Crippen molar-refractivity contribution < 1.29 is 41.1 Å². The van der Waals surface area contributed by atoms with Gasteiger partial charge in [-0.1, -0.05) is 12.1 Å². The van der Waals surface area contributed by atoms with Crippen molar-refractivity contribution in [3.63, 3.8) is 0 Å². The van der Waals surface area contributed by atoms with E-state index in [0.29, 0.717) is 57.6 Å². The van der Waals surface area contributed by atoms with Crippen molar-refractivity contribution in [1.82, 2.24) is 0 Å². The van der Waals surface area contributed by atoms with Crippen molar-refractivity contribution in [3.05, 3.63) is 29.8 Å². The van der Waals surface area contributed by atoms with Gasteiger partial charge in [0.05, 0.1) is 39.3 Å². The summed E-state index contributed by atoms with van der Waals surface area (Å²) in [5.41, 5.74) is -0.0525. The molecule has 184 valence electrons. The zero-order valence-corrected chi connectivity index (χ0v) is 20.4. The highest BCUT2D eigenvalue weighted by Crippen LogP contribution is 2.18. The minimum atomic E-state index is -3.83. The topological polar surface area (TPSA) is 107 Å². The van der Waals surface area contributed by atoms with Crippen molar-refractivity contribution >= 4 is 16.1 Å². The number of esters is 1. The lowest BCUT2D eigenvalue weighted by molar-refractivity contribution is -0.163. The van der Waals surface area contributed by atoms with Gasteiger partial charge in [-0.2, -0.15) is 8.42 Å². The molecular formula is C22H36O9S. The summed E-state index contributed by atoms with van der Waals surface area (Å²) < 4.78 is 54.9. The Bertz CT molecular complexity index is 755. The molecule has 0 amide bonds. The largest absolute Gasteiger partial charge is 0.491 e. The molecule has 0 spiro atoms. The molecule has 0 heterocycles. The van der Waals surface area contributed by atoms with Gasteiger partial charge in [-0.15, -0.1) is 0 Å². The molecule has 0 saturated carbocycles. The van der Waals surface area contributed by atoms with Crippen LogP contribution in [0.1, 0.15) is 33.3 Å². The highest BCUT2D eigenvalue weighted by Gasteiger charge is 2.29. The average Bonchev–Trinajstić information content (AvgIpc) is 2.68. The van der Waals surface area contributed by atoms with Crippen molar-refractivity contribution in [1.29, 1.82) is 0 Å². The quantitative estimate of drug-likeness (QED) is 0.202. The zero-order chi connectivity index (χ0) is 24.0. The van der Waals surface area contributed by atoms with Gasteiger partial charge >= 0.3 is 5.97 Å². The Morgan fingerprint density at radius 2 is 1.44 bits per heavy atom. The minimum Gasteiger partial charge on any atom is -0.491 e. The maximum atomic E-state index is 12.4. The third kappa shape index (κ3) is 14.4. The van der Waals surface area contributed by atoms with Crippen molar-refractivity contribution in [2.45, 2.75) is 45.8 Å². The molecule has 1 rings (SSSR count). The van der Waals surface area contributed by atoms with Crippen LogP contribution in [0.5, 0.6) is 5.75 Å². The third-order valence-electron chi connectivity index (χ3n) is 3.75. The molecule has 32 heavy (non-hydrogen) atoms. The molecule has 0 aliphatic rings. The van der Waals surface area contributed by atoms with E-state index in [9.17, 15) is 13.2 Å². The molecule has 0 N–H and O–H groups in total. The molecule has 9 nitrogen and oxygen atoms in total. The lowest BCUT2D eigenvalue weighted by Gasteiger charge is -2.23. The van der Waals surface area contributed by atoms with E-state index < -0.39 is 27.8 Å². The Hall–Kier alpha value is -1.72. The number of carbonyl (C=O) groups excluding carboxylic acids is 1. The van der Waals surface area contributed by atoms with E-state index in [1.807, 2.05) is 6.92 Å². The van der Waals surface area contributed by atoms with Gasteiger partial charge in [0.2, 0.25) is 0 Å². The van der Waals surface area contributed by atoms with Crippen LogP contribution in [0.3, 0.4) is 0 Å². The van der Waals surface area contributed by atoms with Crippen molar-refractivity contribution in [3.8, 4) is 5.75 Å². The lowest BCUT2D eigenvalue weighted by Crippen LogP contribution is -2.36. The zero-order valence-electron chi connectivity index (χ0n) is 19.6. The molecule has 1 aromatic rings. The van der Waals surface area contributed by atoms with Gasteiger partial charge in [-0.05, 0) is 45.4 Å². The van der Waals surface area contributed by atoms with Gasteiger partial charge in [0, 0.05) is 13.0 Å². The number of hydrogen-bond acceptors (Lipinski definition) is 9. The van der Waals surface area contributed by atoms with Crippen LogP contribution in [0.15, 0.2) is 24.3 Å². The Morgan fingerprint density at radius 1 is 0.906 bits per heavy atom. The van der Waals surface area contributed by atoms with E-state index in [2.05, 4.69) is 0 Å². The molecule has 0 fully saturated rings. The van der Waals surface area contributed by atoms with Gasteiger partial charge in [0.25, 0.3) is 10.1 Å². The third-order valence-corrected chi connectivity index (χ3v) is 4.33. The minimum absolute atomic E-state index is 0.0503. The fraction of sp³-hybridized carbons (Fsp3) is 0.682. The van der Waals surface area contributed by atoms with E-state index in [0.717, 1.165) is 6.26 Å². The maximum Gasteiger partial charge on any atom is 0.337 e. The molecule has 10 heteroatoms. The van der Waals surface area contributed by atoms with Crippen LogP contribution >= 0.6 is 0 Å². The van der Waals surface area contributed by atoms with Crippen LogP contribution < -0.4 is 4.74 Å². The summed E-state index contributed by atoms with van der Waals surface area (Å²) in [4.78, 5) is 12.4. The Labute approximate surface area is 191 Å². The molecule has 0 bridgehead atoms. The van der Waals surface area contributed by atoms with Gasteiger partial charge < -0.3 is 23.7 Å². The molecule has 1 aromatic carbocycles. The van der Waals surface area contributed by atoms with Crippen LogP contribution in [0, 0.1) is 0 Å². The summed E-state index contributed by atoms with van der Waals surface area (Å²) in [6.45, 7) is 10.6. The second-order valence-corrected chi connectivity index (χ2v) is 9.54. The van der Waals surface area contributed by atoms with Gasteiger partial charge in [-0.25, -0.2) is 4.79 Å². The predicted molar refractivity (Wildman–Crippen MR) is 119 cm³/mol. The van der Waals surface area contributed by atoms with Gasteiger partial charge in [-0.3, -0.25) is 4.18 Å². The fourth-order valence-electron chi connectivity index (χ4n) is 2.47. The molecule has 0 aliphatic carbocycles. The highest BCUT2D eigenvalue weighted by atomic mass is 32.2. The number of hydrogen-bond donors (Lipinski definition) is 0. The average molecular weight is 477 g/mol. The van der Waals surface area contributed by atoms with E-state index in [1.54, 1.807) is 45.0 Å². The first kappa shape index (κ1) is 28.3. The SMILES string of the molecule is CCOCCOCCOCCOc1ccc(C[C@@H](OS(C)(=O)=O)C(=O)OC(C)(C)C)cc1.